The van der Waals surface area contributed by atoms with Crippen LogP contribution in [-0.2, 0) is 0 Å². The summed E-state index contributed by atoms with van der Waals surface area (Å²) >= 11 is 0. The van der Waals surface area contributed by atoms with Crippen molar-refractivity contribution < 1.29 is 0 Å². The summed E-state index contributed by atoms with van der Waals surface area (Å²) in [5.41, 5.74) is 15.9. The Hall–Kier alpha value is -7.16. The number of hydrogen-bond donors (Lipinski definition) is 0. The largest absolute Gasteiger partial charge is 0.311 e. The number of para-hydroxylation sites is 2. The third kappa shape index (κ3) is 7.27. The van der Waals surface area contributed by atoms with E-state index in [-0.39, 0.29) is 0 Å². The molecule has 54 heavy (non-hydrogen) atoms. The Morgan fingerprint density at radius 2 is 0.444 bits per heavy atom. The van der Waals surface area contributed by atoms with E-state index >= 15 is 0 Å². The number of nitrogens with zero attached hydrogens (tertiary/aromatic N) is 2. The van der Waals surface area contributed by atoms with Gasteiger partial charge in [0.2, 0.25) is 0 Å². The number of benzene rings is 8. The SMILES string of the molecule is C=Cc1ccc(-c2ccc(N(c3ccccc3)c3ccc(-c4ccc(N(c5ccccc5)c5ccc(-c6ccc(C=C)cc6)cc5)cc4)cc3)cc2)cc1. The van der Waals surface area contributed by atoms with E-state index < -0.39 is 0 Å². The van der Waals surface area contributed by atoms with Crippen LogP contribution in [0.3, 0.4) is 0 Å². The zero-order valence-electron chi connectivity index (χ0n) is 30.1. The lowest BCUT2D eigenvalue weighted by atomic mass is 10.0. The predicted molar refractivity (Wildman–Crippen MR) is 232 cm³/mol. The molecule has 0 radical (unpaired) electrons. The average molecular weight is 693 g/mol. The van der Waals surface area contributed by atoms with Crippen molar-refractivity contribution in [3.8, 4) is 33.4 Å². The topological polar surface area (TPSA) is 6.48 Å². The highest BCUT2D eigenvalue weighted by atomic mass is 15.1. The van der Waals surface area contributed by atoms with Gasteiger partial charge in [-0.15, -0.1) is 0 Å². The summed E-state index contributed by atoms with van der Waals surface area (Å²) in [6.07, 6.45) is 3.74. The molecule has 0 aliphatic carbocycles. The lowest BCUT2D eigenvalue weighted by Crippen LogP contribution is -2.10. The third-order valence-corrected chi connectivity index (χ3v) is 9.82. The number of anilines is 6. The van der Waals surface area contributed by atoms with E-state index in [0.29, 0.717) is 0 Å². The maximum atomic E-state index is 3.88. The summed E-state index contributed by atoms with van der Waals surface area (Å²) in [5, 5.41) is 0. The van der Waals surface area contributed by atoms with Gasteiger partial charge in [0.25, 0.3) is 0 Å². The first-order chi connectivity index (χ1) is 26.7. The van der Waals surface area contributed by atoms with Gasteiger partial charge in [0.05, 0.1) is 0 Å². The lowest BCUT2D eigenvalue weighted by Gasteiger charge is -2.26. The predicted octanol–water partition coefficient (Wildman–Crippen LogP) is 14.9. The second-order valence-corrected chi connectivity index (χ2v) is 13.2. The summed E-state index contributed by atoms with van der Waals surface area (Å²) in [6.45, 7) is 7.76. The second kappa shape index (κ2) is 15.6. The van der Waals surface area contributed by atoms with Gasteiger partial charge in [-0.3, -0.25) is 0 Å². The molecule has 8 aromatic rings. The molecule has 258 valence electrons. The van der Waals surface area contributed by atoms with Gasteiger partial charge in [-0.25, -0.2) is 0 Å². The van der Waals surface area contributed by atoms with Crippen molar-refractivity contribution in [2.75, 3.05) is 9.80 Å². The molecule has 2 nitrogen and oxygen atoms in total. The van der Waals surface area contributed by atoms with Crippen LogP contribution in [0.4, 0.5) is 34.1 Å². The molecule has 0 bridgehead atoms. The molecule has 2 heteroatoms. The van der Waals surface area contributed by atoms with E-state index in [1.807, 2.05) is 12.2 Å². The minimum absolute atomic E-state index is 1.10. The Morgan fingerprint density at radius 3 is 0.667 bits per heavy atom. The molecule has 0 aromatic heterocycles. The minimum atomic E-state index is 1.10. The van der Waals surface area contributed by atoms with Crippen LogP contribution in [0.25, 0.3) is 45.5 Å². The van der Waals surface area contributed by atoms with Crippen LogP contribution in [0.1, 0.15) is 11.1 Å². The molecule has 0 saturated heterocycles. The molecule has 8 aromatic carbocycles. The highest BCUT2D eigenvalue weighted by molar-refractivity contribution is 5.82. The van der Waals surface area contributed by atoms with Crippen LogP contribution in [0.15, 0.2) is 219 Å². The number of rotatable bonds is 11. The van der Waals surface area contributed by atoms with E-state index in [9.17, 15) is 0 Å². The van der Waals surface area contributed by atoms with Gasteiger partial charge in [0.1, 0.15) is 0 Å². The Labute approximate surface area is 318 Å². The van der Waals surface area contributed by atoms with E-state index in [2.05, 4.69) is 229 Å². The molecule has 0 unspecified atom stereocenters. The van der Waals surface area contributed by atoms with Crippen LogP contribution >= 0.6 is 0 Å². The van der Waals surface area contributed by atoms with Crippen molar-refractivity contribution in [2.24, 2.45) is 0 Å². The molecular formula is C52H40N2. The molecular weight excluding hydrogens is 653 g/mol. The van der Waals surface area contributed by atoms with Crippen molar-refractivity contribution in [1.29, 1.82) is 0 Å². The Kier molecular flexibility index (Phi) is 9.82. The zero-order valence-corrected chi connectivity index (χ0v) is 30.1. The highest BCUT2D eigenvalue weighted by Gasteiger charge is 2.15. The van der Waals surface area contributed by atoms with Gasteiger partial charge in [-0.2, -0.15) is 0 Å². The van der Waals surface area contributed by atoms with Crippen LogP contribution < -0.4 is 9.80 Å². The fraction of sp³-hybridized carbons (Fsp3) is 0. The Morgan fingerprint density at radius 1 is 0.241 bits per heavy atom. The van der Waals surface area contributed by atoms with Crippen molar-refractivity contribution in [3.63, 3.8) is 0 Å². The average Bonchev–Trinajstić information content (AvgIpc) is 3.26. The first kappa shape index (κ1) is 34.0. The van der Waals surface area contributed by atoms with E-state index in [1.54, 1.807) is 0 Å². The summed E-state index contributed by atoms with van der Waals surface area (Å²) in [5.74, 6) is 0. The van der Waals surface area contributed by atoms with Crippen molar-refractivity contribution in [1.82, 2.24) is 0 Å². The van der Waals surface area contributed by atoms with Gasteiger partial charge < -0.3 is 9.80 Å². The highest BCUT2D eigenvalue weighted by Crippen LogP contribution is 2.39. The summed E-state index contributed by atoms with van der Waals surface area (Å²) in [7, 11) is 0. The molecule has 0 aliphatic rings. The van der Waals surface area contributed by atoms with Crippen LogP contribution in [0.5, 0.6) is 0 Å². The Balaban J connectivity index is 1.06. The van der Waals surface area contributed by atoms with Gasteiger partial charge in [-0.05, 0) is 117 Å². The van der Waals surface area contributed by atoms with Crippen LogP contribution in [0, 0.1) is 0 Å². The zero-order chi connectivity index (χ0) is 36.7. The maximum Gasteiger partial charge on any atom is 0.0462 e. The molecule has 0 atom stereocenters. The molecule has 0 N–H and O–H groups in total. The smallest absolute Gasteiger partial charge is 0.0462 e. The minimum Gasteiger partial charge on any atom is -0.311 e. The fourth-order valence-corrected chi connectivity index (χ4v) is 6.88. The molecule has 0 heterocycles. The van der Waals surface area contributed by atoms with Gasteiger partial charge in [0, 0.05) is 34.1 Å². The quantitative estimate of drug-likeness (QED) is 0.133. The maximum absolute atomic E-state index is 3.88. The van der Waals surface area contributed by atoms with Crippen LogP contribution in [0.2, 0.25) is 0 Å². The molecule has 8 rings (SSSR count). The normalized spacial score (nSPS) is 10.7. The Bertz CT molecular complexity index is 2270. The van der Waals surface area contributed by atoms with E-state index in [0.717, 1.165) is 56.4 Å². The van der Waals surface area contributed by atoms with E-state index in [1.165, 1.54) is 22.3 Å². The lowest BCUT2D eigenvalue weighted by molar-refractivity contribution is 1.28. The molecule has 0 aliphatic heterocycles. The molecule has 0 saturated carbocycles. The number of hydrogen-bond acceptors (Lipinski definition) is 2. The standard InChI is InChI=1S/C52H40N2/c1-3-39-15-19-41(20-16-39)43-23-31-49(32-24-43)53(47-11-7-5-8-12-47)51-35-27-45(28-36-51)46-29-37-52(38-30-46)54(48-13-9-6-10-14-48)50-33-25-44(26-34-50)42-21-17-40(4-2)18-22-42/h3-38H,1-2H2. The van der Waals surface area contributed by atoms with Crippen molar-refractivity contribution >= 4 is 46.3 Å². The molecule has 0 fully saturated rings. The van der Waals surface area contributed by atoms with Gasteiger partial charge in [-0.1, -0.05) is 159 Å². The first-order valence-corrected chi connectivity index (χ1v) is 18.2. The third-order valence-electron chi connectivity index (χ3n) is 9.82. The van der Waals surface area contributed by atoms with Gasteiger partial charge in [0.15, 0.2) is 0 Å². The molecule has 0 amide bonds. The monoisotopic (exact) mass is 692 g/mol. The van der Waals surface area contributed by atoms with Crippen LogP contribution in [-0.4, -0.2) is 0 Å². The summed E-state index contributed by atoms with van der Waals surface area (Å²) in [4.78, 5) is 4.60. The van der Waals surface area contributed by atoms with E-state index in [4.69, 9.17) is 0 Å². The molecule has 0 spiro atoms. The second-order valence-electron chi connectivity index (χ2n) is 13.2. The van der Waals surface area contributed by atoms with Gasteiger partial charge >= 0.3 is 0 Å². The summed E-state index contributed by atoms with van der Waals surface area (Å²) in [6, 6.07) is 73.3. The van der Waals surface area contributed by atoms with Crippen molar-refractivity contribution in [2.45, 2.75) is 0 Å². The van der Waals surface area contributed by atoms with Crippen molar-refractivity contribution in [3.05, 3.63) is 231 Å². The fourth-order valence-electron chi connectivity index (χ4n) is 6.88. The summed E-state index contributed by atoms with van der Waals surface area (Å²) < 4.78 is 0. The first-order valence-electron chi connectivity index (χ1n) is 18.2.